The summed E-state index contributed by atoms with van der Waals surface area (Å²) in [5, 5.41) is 16.6. The van der Waals surface area contributed by atoms with Crippen LogP contribution in [0.2, 0.25) is 5.02 Å². The number of aliphatic hydroxyl groups is 1. The molecule has 8 heteroatoms. The number of amides is 1. The number of hydrogen-bond acceptors (Lipinski definition) is 5. The molecule has 2 aromatic carbocycles. The van der Waals surface area contributed by atoms with E-state index in [-0.39, 0.29) is 40.8 Å². The molecule has 0 aliphatic heterocycles. The Balaban J connectivity index is 1.66. The molecule has 1 heterocycles. The molecule has 6 nitrogen and oxygen atoms in total. The normalized spacial score (nSPS) is 11.9. The number of rotatable bonds is 7. The number of hydrogen-bond donors (Lipinski definition) is 2. The van der Waals surface area contributed by atoms with Gasteiger partial charge in [-0.15, -0.1) is 0 Å². The zero-order chi connectivity index (χ0) is 21.0. The third-order valence-corrected chi connectivity index (χ3v) is 4.53. The highest BCUT2D eigenvalue weighted by Crippen LogP contribution is 2.33. The van der Waals surface area contributed by atoms with Crippen molar-refractivity contribution in [1.82, 2.24) is 10.5 Å². The molecule has 1 amide bonds. The number of nitrogens with one attached hydrogen (secondary N) is 1. The predicted octanol–water partition coefficient (Wildman–Crippen LogP) is 3.92. The summed E-state index contributed by atoms with van der Waals surface area (Å²) in [6, 6.07) is 11.6. The van der Waals surface area contributed by atoms with Crippen molar-refractivity contribution in [3.8, 4) is 17.0 Å². The highest BCUT2D eigenvalue weighted by molar-refractivity contribution is 6.33. The Labute approximate surface area is 172 Å². The fourth-order valence-corrected chi connectivity index (χ4v) is 3.04. The van der Waals surface area contributed by atoms with Gasteiger partial charge in [0, 0.05) is 6.54 Å². The van der Waals surface area contributed by atoms with Gasteiger partial charge in [-0.25, -0.2) is 4.39 Å². The van der Waals surface area contributed by atoms with Crippen molar-refractivity contribution < 1.29 is 23.6 Å². The first-order valence-electron chi connectivity index (χ1n) is 8.93. The Morgan fingerprint density at radius 3 is 2.79 bits per heavy atom. The highest BCUT2D eigenvalue weighted by atomic mass is 35.5. The number of benzene rings is 2. The first kappa shape index (κ1) is 20.8. The minimum atomic E-state index is -0.944. The molecule has 0 radical (unpaired) electrons. The van der Waals surface area contributed by atoms with Crippen LogP contribution in [0.3, 0.4) is 0 Å². The van der Waals surface area contributed by atoms with E-state index in [0.717, 1.165) is 5.56 Å². The van der Waals surface area contributed by atoms with Crippen LogP contribution in [0.4, 0.5) is 4.39 Å². The van der Waals surface area contributed by atoms with Crippen LogP contribution in [0.25, 0.3) is 11.3 Å². The molecule has 0 spiro atoms. The second kappa shape index (κ2) is 9.07. The number of ether oxygens (including phenoxy) is 1. The average Bonchev–Trinajstić information content (AvgIpc) is 3.05. The SMILES string of the molecule is Cc1cccc(OCC(O)CNC(=O)c2c(-c3c(F)cccc3Cl)noc2C)c1. The number of aliphatic hydroxyl groups excluding tert-OH is 1. The molecule has 0 aliphatic rings. The number of halogens is 2. The molecule has 152 valence electrons. The third kappa shape index (κ3) is 4.93. The van der Waals surface area contributed by atoms with E-state index in [4.69, 9.17) is 20.9 Å². The summed E-state index contributed by atoms with van der Waals surface area (Å²) >= 11 is 6.08. The molecule has 2 N–H and O–H groups in total. The van der Waals surface area contributed by atoms with Gasteiger partial charge in [-0.3, -0.25) is 4.79 Å². The molecule has 1 aromatic heterocycles. The summed E-state index contributed by atoms with van der Waals surface area (Å²) < 4.78 is 24.8. The number of carbonyl (C=O) groups excluding carboxylic acids is 1. The van der Waals surface area contributed by atoms with Crippen molar-refractivity contribution in [1.29, 1.82) is 0 Å². The van der Waals surface area contributed by atoms with Gasteiger partial charge in [-0.2, -0.15) is 0 Å². The van der Waals surface area contributed by atoms with Gasteiger partial charge in [0.05, 0.1) is 10.6 Å². The van der Waals surface area contributed by atoms with E-state index in [1.165, 1.54) is 25.1 Å². The lowest BCUT2D eigenvalue weighted by molar-refractivity contribution is 0.0843. The molecular weight excluding hydrogens is 399 g/mol. The summed E-state index contributed by atoms with van der Waals surface area (Å²) in [6.07, 6.45) is -0.944. The Morgan fingerprint density at radius 2 is 2.07 bits per heavy atom. The Kier molecular flexibility index (Phi) is 6.51. The van der Waals surface area contributed by atoms with Crippen LogP contribution >= 0.6 is 11.6 Å². The van der Waals surface area contributed by atoms with E-state index in [1.807, 2.05) is 25.1 Å². The maximum atomic E-state index is 14.2. The Morgan fingerprint density at radius 1 is 1.31 bits per heavy atom. The van der Waals surface area contributed by atoms with E-state index in [1.54, 1.807) is 6.07 Å². The number of carbonyl (C=O) groups is 1. The maximum absolute atomic E-state index is 14.2. The lowest BCUT2D eigenvalue weighted by Gasteiger charge is -2.14. The minimum Gasteiger partial charge on any atom is -0.491 e. The quantitative estimate of drug-likeness (QED) is 0.607. The summed E-state index contributed by atoms with van der Waals surface area (Å²) in [4.78, 5) is 12.6. The fraction of sp³-hybridized carbons (Fsp3) is 0.238. The molecule has 3 rings (SSSR count). The second-order valence-electron chi connectivity index (χ2n) is 6.55. The second-order valence-corrected chi connectivity index (χ2v) is 6.96. The van der Waals surface area contributed by atoms with Gasteiger partial charge >= 0.3 is 0 Å². The number of aromatic nitrogens is 1. The molecule has 0 aliphatic carbocycles. The van der Waals surface area contributed by atoms with E-state index in [0.29, 0.717) is 5.75 Å². The summed E-state index contributed by atoms with van der Waals surface area (Å²) in [6.45, 7) is 3.40. The first-order chi connectivity index (χ1) is 13.9. The van der Waals surface area contributed by atoms with E-state index < -0.39 is 17.8 Å². The lowest BCUT2D eigenvalue weighted by Crippen LogP contribution is -2.35. The molecule has 29 heavy (non-hydrogen) atoms. The van der Waals surface area contributed by atoms with Gasteiger partial charge in [0.25, 0.3) is 5.91 Å². The van der Waals surface area contributed by atoms with Crippen molar-refractivity contribution in [2.24, 2.45) is 0 Å². The van der Waals surface area contributed by atoms with Crippen LogP contribution in [0.15, 0.2) is 47.0 Å². The predicted molar refractivity (Wildman–Crippen MR) is 107 cm³/mol. The molecule has 0 fully saturated rings. The number of aryl methyl sites for hydroxylation is 2. The van der Waals surface area contributed by atoms with Crippen LogP contribution in [-0.2, 0) is 0 Å². The number of nitrogens with zero attached hydrogens (tertiary/aromatic N) is 1. The molecule has 1 atom stereocenters. The van der Waals surface area contributed by atoms with Gasteiger partial charge < -0.3 is 19.7 Å². The van der Waals surface area contributed by atoms with Crippen molar-refractivity contribution in [3.63, 3.8) is 0 Å². The van der Waals surface area contributed by atoms with Gasteiger partial charge in [0.15, 0.2) is 0 Å². The fourth-order valence-electron chi connectivity index (χ4n) is 2.79. The summed E-state index contributed by atoms with van der Waals surface area (Å²) in [5.41, 5.74) is 1.09. The third-order valence-electron chi connectivity index (χ3n) is 4.22. The topological polar surface area (TPSA) is 84.6 Å². The van der Waals surface area contributed by atoms with E-state index in [9.17, 15) is 14.3 Å². The highest BCUT2D eigenvalue weighted by Gasteiger charge is 2.25. The van der Waals surface area contributed by atoms with Crippen LogP contribution in [0.5, 0.6) is 5.75 Å². The average molecular weight is 419 g/mol. The lowest BCUT2D eigenvalue weighted by atomic mass is 10.0. The zero-order valence-electron chi connectivity index (χ0n) is 15.9. The molecule has 0 saturated heterocycles. The summed E-state index contributed by atoms with van der Waals surface area (Å²) in [5.74, 6) is -0.344. The molecule has 1 unspecified atom stereocenters. The van der Waals surface area contributed by atoms with Crippen molar-refractivity contribution in [2.75, 3.05) is 13.2 Å². The zero-order valence-corrected chi connectivity index (χ0v) is 16.7. The Hall–Kier alpha value is -2.90. The monoisotopic (exact) mass is 418 g/mol. The van der Waals surface area contributed by atoms with Gasteiger partial charge in [0.1, 0.15) is 41.3 Å². The standard InChI is InChI=1S/C21H20ClFN2O4/c1-12-5-3-6-15(9-12)28-11-14(26)10-24-21(27)18-13(2)29-25-20(18)19-16(22)7-4-8-17(19)23/h3-9,14,26H,10-11H2,1-2H3,(H,24,27). The molecule has 3 aromatic rings. The first-order valence-corrected chi connectivity index (χ1v) is 9.31. The van der Waals surface area contributed by atoms with Crippen LogP contribution in [0, 0.1) is 19.7 Å². The molecular formula is C21H20ClFN2O4. The largest absolute Gasteiger partial charge is 0.491 e. The van der Waals surface area contributed by atoms with Gasteiger partial charge in [-0.05, 0) is 43.7 Å². The van der Waals surface area contributed by atoms with E-state index in [2.05, 4.69) is 10.5 Å². The van der Waals surface area contributed by atoms with Crippen LogP contribution in [0.1, 0.15) is 21.7 Å². The van der Waals surface area contributed by atoms with Gasteiger partial charge in [-0.1, -0.05) is 35.0 Å². The molecule has 0 bridgehead atoms. The van der Waals surface area contributed by atoms with Crippen molar-refractivity contribution >= 4 is 17.5 Å². The van der Waals surface area contributed by atoms with Crippen LogP contribution in [-0.4, -0.2) is 35.4 Å². The van der Waals surface area contributed by atoms with Crippen molar-refractivity contribution in [2.45, 2.75) is 20.0 Å². The Bertz CT molecular complexity index is 1000. The minimum absolute atomic E-state index is 0.00164. The van der Waals surface area contributed by atoms with Crippen LogP contribution < -0.4 is 10.1 Å². The van der Waals surface area contributed by atoms with Gasteiger partial charge in [0.2, 0.25) is 0 Å². The van der Waals surface area contributed by atoms with E-state index >= 15 is 0 Å². The smallest absolute Gasteiger partial charge is 0.257 e. The molecule has 0 saturated carbocycles. The summed E-state index contributed by atoms with van der Waals surface area (Å²) in [7, 11) is 0. The maximum Gasteiger partial charge on any atom is 0.257 e. The van der Waals surface area contributed by atoms with Crippen molar-refractivity contribution in [3.05, 3.63) is 70.2 Å².